The van der Waals surface area contributed by atoms with E-state index < -0.39 is 0 Å². The Morgan fingerprint density at radius 3 is 3.13 bits per heavy atom. The van der Waals surface area contributed by atoms with E-state index in [1.807, 2.05) is 36.6 Å². The van der Waals surface area contributed by atoms with E-state index in [1.165, 1.54) is 24.2 Å². The first-order chi connectivity index (χ1) is 11.1. The van der Waals surface area contributed by atoms with Gasteiger partial charge in [-0.1, -0.05) is 24.6 Å². The number of hydrogen-bond acceptors (Lipinski definition) is 4. The number of rotatable bonds is 4. The van der Waals surface area contributed by atoms with Gasteiger partial charge >= 0.3 is 0 Å². The maximum atomic E-state index is 12.3. The van der Waals surface area contributed by atoms with Crippen molar-refractivity contribution in [1.82, 2.24) is 9.88 Å². The molecule has 23 heavy (non-hydrogen) atoms. The SMILES string of the molecule is Cc1cccc(C(=O)Nc2nc(CN3CCC[C@H](C)C3)cs2)c1. The summed E-state index contributed by atoms with van der Waals surface area (Å²) in [5.74, 6) is 0.670. The molecule has 0 aliphatic carbocycles. The fourth-order valence-electron chi connectivity index (χ4n) is 3.05. The van der Waals surface area contributed by atoms with Crippen LogP contribution in [0.15, 0.2) is 29.6 Å². The number of nitrogens with one attached hydrogen (secondary N) is 1. The van der Waals surface area contributed by atoms with Gasteiger partial charge in [-0.2, -0.15) is 0 Å². The molecule has 5 heteroatoms. The van der Waals surface area contributed by atoms with Gasteiger partial charge in [-0.3, -0.25) is 15.0 Å². The Hall–Kier alpha value is -1.72. The molecule has 0 bridgehead atoms. The quantitative estimate of drug-likeness (QED) is 0.924. The molecule has 1 aliphatic rings. The highest BCUT2D eigenvalue weighted by Gasteiger charge is 2.17. The lowest BCUT2D eigenvalue weighted by atomic mass is 10.0. The molecule has 0 radical (unpaired) electrons. The van der Waals surface area contributed by atoms with E-state index in [-0.39, 0.29) is 5.91 Å². The molecule has 1 aromatic carbocycles. The Morgan fingerprint density at radius 2 is 2.35 bits per heavy atom. The summed E-state index contributed by atoms with van der Waals surface area (Å²) in [4.78, 5) is 19.3. The molecular formula is C18H23N3OS. The number of amides is 1. The molecule has 1 atom stereocenters. The van der Waals surface area contributed by atoms with Gasteiger partial charge in [-0.25, -0.2) is 4.98 Å². The Bertz CT molecular complexity index is 682. The molecule has 1 amide bonds. The third kappa shape index (κ3) is 4.39. The van der Waals surface area contributed by atoms with E-state index in [0.29, 0.717) is 10.7 Å². The zero-order valence-corrected chi connectivity index (χ0v) is 14.5. The Kier molecular flexibility index (Phi) is 5.08. The normalized spacial score (nSPS) is 18.8. The molecule has 2 aromatic rings. The summed E-state index contributed by atoms with van der Waals surface area (Å²) in [6.07, 6.45) is 2.59. The van der Waals surface area contributed by atoms with Crippen LogP contribution in [-0.4, -0.2) is 28.9 Å². The Labute approximate surface area is 141 Å². The van der Waals surface area contributed by atoms with Crippen molar-refractivity contribution in [3.63, 3.8) is 0 Å². The Balaban J connectivity index is 1.59. The maximum Gasteiger partial charge on any atom is 0.257 e. The van der Waals surface area contributed by atoms with E-state index in [0.717, 1.165) is 36.8 Å². The van der Waals surface area contributed by atoms with E-state index >= 15 is 0 Å². The van der Waals surface area contributed by atoms with Crippen LogP contribution in [0.3, 0.4) is 0 Å². The maximum absolute atomic E-state index is 12.3. The molecule has 3 rings (SSSR count). The van der Waals surface area contributed by atoms with Gasteiger partial charge in [0.15, 0.2) is 5.13 Å². The minimum absolute atomic E-state index is 0.0961. The lowest BCUT2D eigenvalue weighted by molar-refractivity contribution is 0.102. The van der Waals surface area contributed by atoms with Crippen LogP contribution in [-0.2, 0) is 6.54 Å². The van der Waals surface area contributed by atoms with Gasteiger partial charge < -0.3 is 0 Å². The van der Waals surface area contributed by atoms with Crippen LogP contribution in [0.5, 0.6) is 0 Å². The summed E-state index contributed by atoms with van der Waals surface area (Å²) < 4.78 is 0. The monoisotopic (exact) mass is 329 g/mol. The van der Waals surface area contributed by atoms with E-state index in [4.69, 9.17) is 0 Å². The molecule has 1 saturated heterocycles. The van der Waals surface area contributed by atoms with Crippen LogP contribution in [0.25, 0.3) is 0 Å². The number of piperidine rings is 1. The number of hydrogen-bond donors (Lipinski definition) is 1. The standard InChI is InChI=1S/C18H23N3OS/c1-13-5-3-7-15(9-13)17(22)20-18-19-16(12-23-18)11-21-8-4-6-14(2)10-21/h3,5,7,9,12,14H,4,6,8,10-11H2,1-2H3,(H,19,20,22)/t14-/m0/s1. The first kappa shape index (κ1) is 16.1. The number of thiazole rings is 1. The number of aromatic nitrogens is 1. The number of likely N-dealkylation sites (tertiary alicyclic amines) is 1. The number of carbonyl (C=O) groups is 1. The predicted octanol–water partition coefficient (Wildman–Crippen LogP) is 3.94. The third-order valence-electron chi connectivity index (χ3n) is 4.18. The van der Waals surface area contributed by atoms with Gasteiger partial charge in [0.05, 0.1) is 5.69 Å². The van der Waals surface area contributed by atoms with Crippen molar-refractivity contribution in [3.8, 4) is 0 Å². The molecule has 1 aromatic heterocycles. The summed E-state index contributed by atoms with van der Waals surface area (Å²) in [6.45, 7) is 7.45. The van der Waals surface area contributed by atoms with Gasteiger partial charge in [0.2, 0.25) is 0 Å². The van der Waals surface area contributed by atoms with Crippen molar-refractivity contribution < 1.29 is 4.79 Å². The van der Waals surface area contributed by atoms with Gasteiger partial charge in [-0.05, 0) is 44.4 Å². The number of anilines is 1. The minimum atomic E-state index is -0.0961. The topological polar surface area (TPSA) is 45.2 Å². The lowest BCUT2D eigenvalue weighted by Gasteiger charge is -2.30. The molecule has 2 heterocycles. The Morgan fingerprint density at radius 1 is 1.48 bits per heavy atom. The predicted molar refractivity (Wildman–Crippen MR) is 94.9 cm³/mol. The van der Waals surface area contributed by atoms with Crippen molar-refractivity contribution in [2.75, 3.05) is 18.4 Å². The van der Waals surface area contributed by atoms with Crippen molar-refractivity contribution in [3.05, 3.63) is 46.5 Å². The second-order valence-corrected chi connectivity index (χ2v) is 7.31. The second kappa shape index (κ2) is 7.23. The average Bonchev–Trinajstić information content (AvgIpc) is 2.94. The highest BCUT2D eigenvalue weighted by Crippen LogP contribution is 2.21. The molecule has 0 unspecified atom stereocenters. The molecule has 0 saturated carbocycles. The number of benzene rings is 1. The van der Waals surface area contributed by atoms with Crippen LogP contribution in [0, 0.1) is 12.8 Å². The van der Waals surface area contributed by atoms with Crippen LogP contribution in [0.1, 0.15) is 41.4 Å². The zero-order chi connectivity index (χ0) is 16.2. The van der Waals surface area contributed by atoms with Crippen LogP contribution in [0.4, 0.5) is 5.13 Å². The average molecular weight is 329 g/mol. The van der Waals surface area contributed by atoms with Crippen LogP contribution in [0.2, 0.25) is 0 Å². The zero-order valence-electron chi connectivity index (χ0n) is 13.7. The van der Waals surface area contributed by atoms with Gasteiger partial charge in [0, 0.05) is 24.0 Å². The smallest absolute Gasteiger partial charge is 0.257 e. The molecule has 4 nitrogen and oxygen atoms in total. The molecular weight excluding hydrogens is 306 g/mol. The van der Waals surface area contributed by atoms with Crippen molar-refractivity contribution in [1.29, 1.82) is 0 Å². The van der Waals surface area contributed by atoms with Crippen LogP contribution < -0.4 is 5.32 Å². The lowest BCUT2D eigenvalue weighted by Crippen LogP contribution is -2.33. The molecule has 1 fully saturated rings. The van der Waals surface area contributed by atoms with Gasteiger partial charge in [-0.15, -0.1) is 11.3 Å². The fourth-order valence-corrected chi connectivity index (χ4v) is 3.75. The summed E-state index contributed by atoms with van der Waals surface area (Å²) in [5, 5.41) is 5.63. The molecule has 0 spiro atoms. The highest BCUT2D eigenvalue weighted by molar-refractivity contribution is 7.13. The van der Waals surface area contributed by atoms with Crippen molar-refractivity contribution >= 4 is 22.4 Å². The first-order valence-corrected chi connectivity index (χ1v) is 9.03. The largest absolute Gasteiger partial charge is 0.298 e. The molecule has 1 aliphatic heterocycles. The van der Waals surface area contributed by atoms with E-state index in [1.54, 1.807) is 0 Å². The van der Waals surface area contributed by atoms with Crippen LogP contribution >= 0.6 is 11.3 Å². The summed E-state index contributed by atoms with van der Waals surface area (Å²) in [7, 11) is 0. The fraction of sp³-hybridized carbons (Fsp3) is 0.444. The van der Waals surface area contributed by atoms with E-state index in [9.17, 15) is 4.79 Å². The van der Waals surface area contributed by atoms with Crippen molar-refractivity contribution in [2.45, 2.75) is 33.2 Å². The van der Waals surface area contributed by atoms with Crippen molar-refractivity contribution in [2.24, 2.45) is 5.92 Å². The number of carbonyl (C=O) groups excluding carboxylic acids is 1. The third-order valence-corrected chi connectivity index (χ3v) is 4.99. The summed E-state index contributed by atoms with van der Waals surface area (Å²) >= 11 is 1.50. The number of aryl methyl sites for hydroxylation is 1. The van der Waals surface area contributed by atoms with Gasteiger partial charge in [0.1, 0.15) is 0 Å². The van der Waals surface area contributed by atoms with Gasteiger partial charge in [0.25, 0.3) is 5.91 Å². The second-order valence-electron chi connectivity index (χ2n) is 6.45. The van der Waals surface area contributed by atoms with E-state index in [2.05, 4.69) is 22.1 Å². The minimum Gasteiger partial charge on any atom is -0.298 e. The number of nitrogens with zero attached hydrogens (tertiary/aromatic N) is 2. The molecule has 122 valence electrons. The first-order valence-electron chi connectivity index (χ1n) is 8.15. The highest BCUT2D eigenvalue weighted by atomic mass is 32.1. The molecule has 1 N–H and O–H groups in total. The summed E-state index contributed by atoms with van der Waals surface area (Å²) in [6, 6.07) is 7.60. The summed E-state index contributed by atoms with van der Waals surface area (Å²) in [5.41, 5.74) is 2.80.